The maximum Gasteiger partial charge on any atom is 0.254 e. The number of aryl methyl sites for hydroxylation is 2. The van der Waals surface area contributed by atoms with E-state index >= 15 is 0 Å². The van der Waals surface area contributed by atoms with Crippen LogP contribution in [0.5, 0.6) is 0 Å². The zero-order chi connectivity index (χ0) is 12.6. The largest absolute Gasteiger partial charge is 0.398 e. The van der Waals surface area contributed by atoms with Crippen LogP contribution in [-0.2, 0) is 0 Å². The minimum absolute atomic E-state index is 0.124. The molecule has 0 saturated carbocycles. The summed E-state index contributed by atoms with van der Waals surface area (Å²) in [5.41, 5.74) is 9.39. The molecule has 1 aromatic rings. The summed E-state index contributed by atoms with van der Waals surface area (Å²) in [5.74, 6) is 0.737. The number of amides is 1. The Bertz CT molecular complexity index is 454. The summed E-state index contributed by atoms with van der Waals surface area (Å²) in [7, 11) is 0. The first-order valence-corrected chi connectivity index (χ1v) is 6.15. The van der Waals surface area contributed by atoms with Crippen LogP contribution >= 0.6 is 0 Å². The fraction of sp³-hybridized carbons (Fsp3) is 0.500. The molecule has 3 heteroatoms. The van der Waals surface area contributed by atoms with Crippen LogP contribution in [0.1, 0.15) is 34.8 Å². The van der Waals surface area contributed by atoms with Gasteiger partial charge in [0.15, 0.2) is 0 Å². The second-order valence-electron chi connectivity index (χ2n) is 5.17. The molecular weight excluding hydrogens is 212 g/mol. The molecule has 17 heavy (non-hydrogen) atoms. The molecule has 0 aliphatic carbocycles. The van der Waals surface area contributed by atoms with E-state index in [2.05, 4.69) is 6.92 Å². The van der Waals surface area contributed by atoms with E-state index in [0.29, 0.717) is 11.6 Å². The second-order valence-corrected chi connectivity index (χ2v) is 5.17. The van der Waals surface area contributed by atoms with Crippen LogP contribution in [0.25, 0.3) is 0 Å². The molecule has 1 fully saturated rings. The molecule has 92 valence electrons. The first-order chi connectivity index (χ1) is 7.99. The first kappa shape index (κ1) is 12.0. The molecular formula is C14H20N2O. The Hall–Kier alpha value is -1.51. The summed E-state index contributed by atoms with van der Waals surface area (Å²) in [5, 5.41) is 0. The zero-order valence-corrected chi connectivity index (χ0v) is 10.8. The normalized spacial score (nSPS) is 19.7. The van der Waals surface area contributed by atoms with E-state index in [1.54, 1.807) is 0 Å². The van der Waals surface area contributed by atoms with Gasteiger partial charge in [0.1, 0.15) is 0 Å². The monoisotopic (exact) mass is 232 g/mol. The minimum Gasteiger partial charge on any atom is -0.398 e. The van der Waals surface area contributed by atoms with Crippen molar-refractivity contribution in [1.82, 2.24) is 4.90 Å². The van der Waals surface area contributed by atoms with Crippen LogP contribution in [-0.4, -0.2) is 23.9 Å². The van der Waals surface area contributed by atoms with Crippen LogP contribution in [0.2, 0.25) is 0 Å². The number of hydrogen-bond acceptors (Lipinski definition) is 2. The number of nitrogens with zero attached hydrogens (tertiary/aromatic N) is 1. The molecule has 3 nitrogen and oxygen atoms in total. The van der Waals surface area contributed by atoms with E-state index in [0.717, 1.165) is 36.2 Å². The number of carbonyl (C=O) groups excluding carboxylic acids is 1. The molecule has 1 aliphatic heterocycles. The highest BCUT2D eigenvalue weighted by Crippen LogP contribution is 2.22. The Morgan fingerprint density at radius 3 is 2.65 bits per heavy atom. The second kappa shape index (κ2) is 4.40. The van der Waals surface area contributed by atoms with Crippen LogP contribution < -0.4 is 5.73 Å². The first-order valence-electron chi connectivity index (χ1n) is 6.15. The summed E-state index contributed by atoms with van der Waals surface area (Å²) in [6.45, 7) is 7.86. The van der Waals surface area contributed by atoms with Gasteiger partial charge in [-0.05, 0) is 43.4 Å². The number of likely N-dealkylation sites (tertiary alicyclic amines) is 1. The number of benzene rings is 1. The molecule has 0 bridgehead atoms. The Morgan fingerprint density at radius 2 is 2.06 bits per heavy atom. The highest BCUT2D eigenvalue weighted by molar-refractivity contribution is 5.96. The zero-order valence-electron chi connectivity index (χ0n) is 10.8. The van der Waals surface area contributed by atoms with E-state index < -0.39 is 0 Å². The van der Waals surface area contributed by atoms with Gasteiger partial charge in [-0.15, -0.1) is 0 Å². The average molecular weight is 232 g/mol. The number of hydrogen-bond donors (Lipinski definition) is 1. The third kappa shape index (κ3) is 2.28. The van der Waals surface area contributed by atoms with E-state index in [9.17, 15) is 4.79 Å². The maximum absolute atomic E-state index is 12.3. The van der Waals surface area contributed by atoms with Gasteiger partial charge in [-0.3, -0.25) is 4.79 Å². The number of rotatable bonds is 1. The number of nitrogen functional groups attached to an aromatic ring is 1. The number of anilines is 1. The van der Waals surface area contributed by atoms with Crippen molar-refractivity contribution in [3.05, 3.63) is 28.8 Å². The van der Waals surface area contributed by atoms with Gasteiger partial charge < -0.3 is 10.6 Å². The molecule has 2 N–H and O–H groups in total. The van der Waals surface area contributed by atoms with Crippen molar-refractivity contribution in [2.45, 2.75) is 27.2 Å². The van der Waals surface area contributed by atoms with Crippen LogP contribution in [0, 0.1) is 19.8 Å². The summed E-state index contributed by atoms with van der Waals surface area (Å²) >= 11 is 0. The predicted molar refractivity (Wildman–Crippen MR) is 70.0 cm³/mol. The molecule has 1 atom stereocenters. The smallest absolute Gasteiger partial charge is 0.254 e. The van der Waals surface area contributed by atoms with Crippen molar-refractivity contribution >= 4 is 11.6 Å². The molecule has 1 heterocycles. The molecule has 0 spiro atoms. The van der Waals surface area contributed by atoms with Crippen LogP contribution in [0.3, 0.4) is 0 Å². The van der Waals surface area contributed by atoms with Crippen molar-refractivity contribution in [3.8, 4) is 0 Å². The van der Waals surface area contributed by atoms with Gasteiger partial charge in [0.2, 0.25) is 0 Å². The SMILES string of the molecule is Cc1cc(C)c(C(=O)N2CCC(C)C2)cc1N. The number of nitrogens with two attached hydrogens (primary N) is 1. The summed E-state index contributed by atoms with van der Waals surface area (Å²) in [6, 6.07) is 3.80. The molecule has 1 aromatic carbocycles. The van der Waals surface area contributed by atoms with Gasteiger partial charge in [0.05, 0.1) is 0 Å². The third-order valence-corrected chi connectivity index (χ3v) is 3.55. The molecule has 1 saturated heterocycles. The van der Waals surface area contributed by atoms with Crippen molar-refractivity contribution in [2.75, 3.05) is 18.8 Å². The van der Waals surface area contributed by atoms with Gasteiger partial charge in [0.25, 0.3) is 5.91 Å². The van der Waals surface area contributed by atoms with E-state index in [1.807, 2.05) is 30.9 Å². The minimum atomic E-state index is 0.124. The van der Waals surface area contributed by atoms with Crippen LogP contribution in [0.4, 0.5) is 5.69 Å². The lowest BCUT2D eigenvalue weighted by atomic mass is 10.0. The summed E-state index contributed by atoms with van der Waals surface area (Å²) in [6.07, 6.45) is 1.10. The summed E-state index contributed by atoms with van der Waals surface area (Å²) < 4.78 is 0. The van der Waals surface area contributed by atoms with Gasteiger partial charge in [-0.25, -0.2) is 0 Å². The van der Waals surface area contributed by atoms with Crippen LogP contribution in [0.15, 0.2) is 12.1 Å². The molecule has 1 amide bonds. The predicted octanol–water partition coefficient (Wildman–Crippen LogP) is 2.37. The Morgan fingerprint density at radius 1 is 1.35 bits per heavy atom. The fourth-order valence-corrected chi connectivity index (χ4v) is 2.39. The standard InChI is InChI=1S/C14H20N2O/c1-9-4-5-16(8-9)14(17)12-7-13(15)11(3)6-10(12)2/h6-7,9H,4-5,8,15H2,1-3H3. The van der Waals surface area contributed by atoms with Gasteiger partial charge >= 0.3 is 0 Å². The molecule has 0 aromatic heterocycles. The Balaban J connectivity index is 2.28. The van der Waals surface area contributed by atoms with Gasteiger partial charge in [-0.1, -0.05) is 13.0 Å². The lowest BCUT2D eigenvalue weighted by Crippen LogP contribution is -2.29. The van der Waals surface area contributed by atoms with Crippen molar-refractivity contribution in [1.29, 1.82) is 0 Å². The van der Waals surface area contributed by atoms with Gasteiger partial charge in [0, 0.05) is 24.3 Å². The molecule has 1 aliphatic rings. The van der Waals surface area contributed by atoms with Crippen molar-refractivity contribution in [3.63, 3.8) is 0 Å². The number of carbonyl (C=O) groups is 1. The highest BCUT2D eigenvalue weighted by atomic mass is 16.2. The summed E-state index contributed by atoms with van der Waals surface area (Å²) in [4.78, 5) is 14.3. The van der Waals surface area contributed by atoms with Crippen molar-refractivity contribution in [2.24, 2.45) is 5.92 Å². The van der Waals surface area contributed by atoms with E-state index in [4.69, 9.17) is 5.73 Å². The van der Waals surface area contributed by atoms with Crippen molar-refractivity contribution < 1.29 is 4.79 Å². The topological polar surface area (TPSA) is 46.3 Å². The Labute approximate surface area is 103 Å². The molecule has 0 radical (unpaired) electrons. The lowest BCUT2D eigenvalue weighted by Gasteiger charge is -2.18. The Kier molecular flexibility index (Phi) is 3.09. The lowest BCUT2D eigenvalue weighted by molar-refractivity contribution is 0.0787. The third-order valence-electron chi connectivity index (χ3n) is 3.55. The maximum atomic E-state index is 12.3. The molecule has 2 rings (SSSR count). The van der Waals surface area contributed by atoms with Gasteiger partial charge in [-0.2, -0.15) is 0 Å². The highest BCUT2D eigenvalue weighted by Gasteiger charge is 2.25. The fourth-order valence-electron chi connectivity index (χ4n) is 2.39. The average Bonchev–Trinajstić information content (AvgIpc) is 2.69. The van der Waals surface area contributed by atoms with E-state index in [1.165, 1.54) is 0 Å². The molecule has 1 unspecified atom stereocenters. The quantitative estimate of drug-likeness (QED) is 0.756. The van der Waals surface area contributed by atoms with E-state index in [-0.39, 0.29) is 5.91 Å².